The quantitative estimate of drug-likeness (QED) is 0.469. The van der Waals surface area contributed by atoms with Crippen LogP contribution in [0.25, 0.3) is 16.6 Å². The van der Waals surface area contributed by atoms with Crippen LogP contribution in [-0.2, 0) is 18.4 Å². The Morgan fingerprint density at radius 1 is 1.06 bits per heavy atom. The summed E-state index contributed by atoms with van der Waals surface area (Å²) in [5.41, 5.74) is 6.42. The summed E-state index contributed by atoms with van der Waals surface area (Å²) in [5.74, 6) is 0. The molecular formula is C25H25N7O2. The summed E-state index contributed by atoms with van der Waals surface area (Å²) in [5, 5.41) is 18.1. The van der Waals surface area contributed by atoms with Crippen LogP contribution in [0.1, 0.15) is 16.7 Å². The summed E-state index contributed by atoms with van der Waals surface area (Å²) in [6, 6.07) is 11.9. The Morgan fingerprint density at radius 3 is 2.62 bits per heavy atom. The standard InChI is InChI=1S/C25H25N7O2/c1-18-3-4-20(21(11-18)12-26)17-34-25(33)31-9-7-30(8-10-31)24-14-28-32-16-19(5-6-23(24)32)22-13-27-29(2)15-22/h3-6,11,13-16H,7-10,17H2,1-2H3. The molecule has 172 valence electrons. The van der Waals surface area contributed by atoms with E-state index in [1.165, 1.54) is 0 Å². The molecule has 1 amide bonds. The van der Waals surface area contributed by atoms with Crippen LogP contribution in [0.2, 0.25) is 0 Å². The lowest BCUT2D eigenvalue weighted by atomic mass is 10.1. The summed E-state index contributed by atoms with van der Waals surface area (Å²) < 4.78 is 9.16. The van der Waals surface area contributed by atoms with Crippen molar-refractivity contribution in [1.82, 2.24) is 24.3 Å². The number of hydrogen-bond acceptors (Lipinski definition) is 6. The molecule has 1 fully saturated rings. The topological polar surface area (TPSA) is 91.7 Å². The van der Waals surface area contributed by atoms with Crippen molar-refractivity contribution in [2.45, 2.75) is 13.5 Å². The van der Waals surface area contributed by atoms with Gasteiger partial charge in [-0.25, -0.2) is 9.31 Å². The molecule has 0 aliphatic carbocycles. The third kappa shape index (κ3) is 4.18. The van der Waals surface area contributed by atoms with Gasteiger partial charge >= 0.3 is 6.09 Å². The maximum atomic E-state index is 12.6. The number of piperazine rings is 1. The van der Waals surface area contributed by atoms with Gasteiger partial charge in [-0.15, -0.1) is 0 Å². The van der Waals surface area contributed by atoms with E-state index >= 15 is 0 Å². The fraction of sp³-hybridized carbons (Fsp3) is 0.280. The Kier molecular flexibility index (Phi) is 5.64. The number of amides is 1. The van der Waals surface area contributed by atoms with Crippen LogP contribution in [-0.4, -0.2) is 56.6 Å². The van der Waals surface area contributed by atoms with E-state index in [4.69, 9.17) is 4.74 Å². The lowest BCUT2D eigenvalue weighted by molar-refractivity contribution is 0.0941. The van der Waals surface area contributed by atoms with Gasteiger partial charge < -0.3 is 14.5 Å². The zero-order chi connectivity index (χ0) is 23.7. The van der Waals surface area contributed by atoms with Crippen molar-refractivity contribution >= 4 is 17.3 Å². The molecule has 0 N–H and O–H groups in total. The first-order chi connectivity index (χ1) is 16.5. The second-order valence-corrected chi connectivity index (χ2v) is 8.48. The van der Waals surface area contributed by atoms with E-state index in [1.54, 1.807) is 15.6 Å². The first-order valence-electron chi connectivity index (χ1n) is 11.1. The van der Waals surface area contributed by atoms with Gasteiger partial charge in [0, 0.05) is 62.3 Å². The Balaban J connectivity index is 1.21. The zero-order valence-corrected chi connectivity index (χ0v) is 19.2. The summed E-state index contributed by atoms with van der Waals surface area (Å²) in [4.78, 5) is 16.5. The average molecular weight is 456 g/mol. The summed E-state index contributed by atoms with van der Waals surface area (Å²) in [6.07, 6.45) is 7.33. The van der Waals surface area contributed by atoms with E-state index in [9.17, 15) is 10.1 Å². The molecule has 3 aromatic heterocycles. The van der Waals surface area contributed by atoms with Crippen LogP contribution in [0, 0.1) is 18.3 Å². The number of fused-ring (bicyclic) bond motifs is 1. The maximum absolute atomic E-state index is 12.6. The van der Waals surface area contributed by atoms with Crippen molar-refractivity contribution in [3.63, 3.8) is 0 Å². The molecule has 0 spiro atoms. The molecule has 1 aromatic carbocycles. The van der Waals surface area contributed by atoms with Crippen molar-refractivity contribution in [3.05, 3.63) is 71.8 Å². The van der Waals surface area contributed by atoms with Gasteiger partial charge in [-0.1, -0.05) is 18.2 Å². The van der Waals surface area contributed by atoms with Gasteiger partial charge in [0.2, 0.25) is 0 Å². The molecule has 0 saturated carbocycles. The zero-order valence-electron chi connectivity index (χ0n) is 19.2. The molecule has 4 heterocycles. The first kappa shape index (κ1) is 21.5. The molecule has 9 nitrogen and oxygen atoms in total. The van der Waals surface area contributed by atoms with Crippen molar-refractivity contribution in [2.24, 2.45) is 7.05 Å². The highest BCUT2D eigenvalue weighted by molar-refractivity contribution is 5.76. The number of pyridine rings is 1. The number of ether oxygens (including phenoxy) is 1. The van der Waals surface area contributed by atoms with Crippen LogP contribution >= 0.6 is 0 Å². The van der Waals surface area contributed by atoms with Gasteiger partial charge in [0.25, 0.3) is 0 Å². The number of aryl methyl sites for hydroxylation is 2. The molecular weight excluding hydrogens is 430 g/mol. The van der Waals surface area contributed by atoms with Gasteiger partial charge in [-0.05, 0) is 24.6 Å². The van der Waals surface area contributed by atoms with Gasteiger partial charge in [0.05, 0.1) is 35.2 Å². The lowest BCUT2D eigenvalue weighted by Gasteiger charge is -2.34. The first-order valence-corrected chi connectivity index (χ1v) is 11.1. The molecule has 0 radical (unpaired) electrons. The smallest absolute Gasteiger partial charge is 0.410 e. The third-order valence-corrected chi connectivity index (χ3v) is 6.15. The predicted octanol–water partition coefficient (Wildman–Crippen LogP) is 3.37. The van der Waals surface area contributed by atoms with Crippen LogP contribution < -0.4 is 4.90 Å². The van der Waals surface area contributed by atoms with Crippen LogP contribution in [0.5, 0.6) is 0 Å². The minimum atomic E-state index is -0.356. The molecule has 0 atom stereocenters. The largest absolute Gasteiger partial charge is 0.444 e. The molecule has 1 aliphatic rings. The van der Waals surface area contributed by atoms with E-state index in [0.29, 0.717) is 31.7 Å². The number of rotatable bonds is 4. The molecule has 34 heavy (non-hydrogen) atoms. The number of nitrogens with zero attached hydrogens (tertiary/aromatic N) is 7. The minimum absolute atomic E-state index is 0.0928. The van der Waals surface area contributed by atoms with Crippen LogP contribution in [0.15, 0.2) is 55.1 Å². The minimum Gasteiger partial charge on any atom is -0.444 e. The molecule has 9 heteroatoms. The van der Waals surface area contributed by atoms with E-state index in [2.05, 4.69) is 33.3 Å². The van der Waals surface area contributed by atoms with E-state index in [1.807, 2.05) is 55.4 Å². The van der Waals surface area contributed by atoms with Gasteiger partial charge in [0.1, 0.15) is 6.61 Å². The highest BCUT2D eigenvalue weighted by Gasteiger charge is 2.24. The van der Waals surface area contributed by atoms with Crippen molar-refractivity contribution in [1.29, 1.82) is 5.26 Å². The fourth-order valence-electron chi connectivity index (χ4n) is 4.24. The van der Waals surface area contributed by atoms with Gasteiger partial charge in [-0.2, -0.15) is 15.5 Å². The number of hydrogen-bond donors (Lipinski definition) is 0. The van der Waals surface area contributed by atoms with E-state index < -0.39 is 0 Å². The number of carbonyl (C=O) groups excluding carboxylic acids is 1. The Bertz CT molecular complexity index is 1390. The Hall–Kier alpha value is -4.32. The summed E-state index contributed by atoms with van der Waals surface area (Å²) in [6.45, 7) is 4.52. The highest BCUT2D eigenvalue weighted by Crippen LogP contribution is 2.26. The molecule has 5 rings (SSSR count). The number of nitriles is 1. The number of aromatic nitrogens is 4. The van der Waals surface area contributed by atoms with Crippen LogP contribution in [0.3, 0.4) is 0 Å². The van der Waals surface area contributed by atoms with Crippen molar-refractivity contribution in [3.8, 4) is 17.2 Å². The second-order valence-electron chi connectivity index (χ2n) is 8.48. The SMILES string of the molecule is Cc1ccc(COC(=O)N2CCN(c3cnn4cc(-c5cnn(C)c5)ccc34)CC2)c(C#N)c1. The van der Waals surface area contributed by atoms with Gasteiger partial charge in [-0.3, -0.25) is 4.68 Å². The number of anilines is 1. The molecule has 0 unspecified atom stereocenters. The van der Waals surface area contributed by atoms with Crippen molar-refractivity contribution in [2.75, 3.05) is 31.1 Å². The average Bonchev–Trinajstić information content (AvgIpc) is 3.49. The Labute approximate surface area is 197 Å². The van der Waals surface area contributed by atoms with E-state index in [-0.39, 0.29) is 12.7 Å². The maximum Gasteiger partial charge on any atom is 0.410 e. The second kappa shape index (κ2) is 8.90. The normalized spacial score (nSPS) is 13.8. The predicted molar refractivity (Wildman–Crippen MR) is 127 cm³/mol. The Morgan fingerprint density at radius 2 is 1.88 bits per heavy atom. The van der Waals surface area contributed by atoms with Crippen LogP contribution in [0.4, 0.5) is 10.5 Å². The van der Waals surface area contributed by atoms with Gasteiger partial charge in [0.15, 0.2) is 0 Å². The van der Waals surface area contributed by atoms with E-state index in [0.717, 1.165) is 33.5 Å². The summed E-state index contributed by atoms with van der Waals surface area (Å²) >= 11 is 0. The molecule has 1 saturated heterocycles. The molecule has 4 aromatic rings. The molecule has 0 bridgehead atoms. The van der Waals surface area contributed by atoms with Crippen molar-refractivity contribution < 1.29 is 9.53 Å². The number of carbonyl (C=O) groups is 1. The monoisotopic (exact) mass is 455 g/mol. The third-order valence-electron chi connectivity index (χ3n) is 6.15. The summed E-state index contributed by atoms with van der Waals surface area (Å²) in [7, 11) is 1.90. The number of benzene rings is 1. The molecule has 1 aliphatic heterocycles. The lowest BCUT2D eigenvalue weighted by Crippen LogP contribution is -2.48. The fourth-order valence-corrected chi connectivity index (χ4v) is 4.24. The highest BCUT2D eigenvalue weighted by atomic mass is 16.6.